The normalized spacial score (nSPS) is 16.2. The molecule has 158 valence electrons. The molecule has 1 aliphatic heterocycles. The number of amides is 1. The van der Waals surface area contributed by atoms with Crippen molar-refractivity contribution in [2.75, 3.05) is 26.2 Å². The van der Waals surface area contributed by atoms with E-state index in [9.17, 15) is 13.2 Å². The Morgan fingerprint density at radius 3 is 2.43 bits per heavy atom. The Morgan fingerprint density at radius 1 is 1.10 bits per heavy atom. The van der Waals surface area contributed by atoms with Crippen LogP contribution in [0, 0.1) is 0 Å². The van der Waals surface area contributed by atoms with Crippen LogP contribution in [0.5, 0.6) is 0 Å². The van der Waals surface area contributed by atoms with Crippen LogP contribution in [0.3, 0.4) is 0 Å². The first-order chi connectivity index (χ1) is 14.2. The number of piperazine rings is 1. The largest absolute Gasteiger partial charge is 0.345 e. The van der Waals surface area contributed by atoms with Gasteiger partial charge in [-0.15, -0.1) is 0 Å². The molecule has 7 nitrogen and oxygen atoms in total. The van der Waals surface area contributed by atoms with Crippen LogP contribution in [0.2, 0.25) is 5.02 Å². The summed E-state index contributed by atoms with van der Waals surface area (Å²) in [6, 6.07) is 10.7. The Morgan fingerprint density at radius 2 is 1.77 bits per heavy atom. The number of carbonyl (C=O) groups excluding carboxylic acids is 1. The van der Waals surface area contributed by atoms with Crippen LogP contribution >= 0.6 is 11.6 Å². The number of hydrogen-bond donors (Lipinski definition) is 1. The highest BCUT2D eigenvalue weighted by Crippen LogP contribution is 2.29. The van der Waals surface area contributed by atoms with Gasteiger partial charge in [0.25, 0.3) is 0 Å². The molecule has 30 heavy (non-hydrogen) atoms. The highest BCUT2D eigenvalue weighted by Gasteiger charge is 2.37. The van der Waals surface area contributed by atoms with Gasteiger partial charge in [-0.1, -0.05) is 23.7 Å². The number of fused-ring (bicyclic) bond motifs is 1. The van der Waals surface area contributed by atoms with Crippen LogP contribution in [0.15, 0.2) is 53.7 Å². The number of H-pyrrole nitrogens is 1. The van der Waals surface area contributed by atoms with Crippen molar-refractivity contribution < 1.29 is 13.2 Å². The zero-order valence-electron chi connectivity index (χ0n) is 16.8. The van der Waals surface area contributed by atoms with Crippen LogP contribution in [-0.2, 0) is 20.2 Å². The second-order valence-electron chi connectivity index (χ2n) is 7.88. The quantitative estimate of drug-likeness (QED) is 0.667. The molecule has 1 aromatic carbocycles. The van der Waals surface area contributed by atoms with Crippen molar-refractivity contribution in [2.45, 2.75) is 24.2 Å². The average Bonchev–Trinajstić information content (AvgIpc) is 3.18. The van der Waals surface area contributed by atoms with Crippen LogP contribution in [0.25, 0.3) is 11.0 Å². The van der Waals surface area contributed by atoms with E-state index in [4.69, 9.17) is 11.6 Å². The number of halogens is 1. The molecule has 0 spiro atoms. The van der Waals surface area contributed by atoms with Gasteiger partial charge in [-0.25, -0.2) is 13.4 Å². The monoisotopic (exact) mass is 446 g/mol. The van der Waals surface area contributed by atoms with Gasteiger partial charge >= 0.3 is 0 Å². The number of pyridine rings is 1. The van der Waals surface area contributed by atoms with E-state index >= 15 is 0 Å². The molecule has 3 heterocycles. The molecule has 1 N–H and O–H groups in total. The molecule has 9 heteroatoms. The molecule has 1 fully saturated rings. The summed E-state index contributed by atoms with van der Waals surface area (Å²) in [5.74, 6) is -0.0295. The number of rotatable bonds is 4. The number of nitrogens with one attached hydrogen (secondary N) is 1. The molecule has 2 aromatic heterocycles. The first-order valence-corrected chi connectivity index (χ1v) is 11.5. The minimum atomic E-state index is -3.68. The SMILES string of the molecule is CC(C)(C(=O)N1CCN(S(=O)(=O)c2c[nH]c3ncccc23)CC1)c1ccc(Cl)cc1. The second-order valence-corrected chi connectivity index (χ2v) is 10.2. The summed E-state index contributed by atoms with van der Waals surface area (Å²) in [6.45, 7) is 4.93. The van der Waals surface area contributed by atoms with E-state index in [1.165, 1.54) is 10.5 Å². The molecule has 0 radical (unpaired) electrons. The number of hydrogen-bond acceptors (Lipinski definition) is 4. The minimum Gasteiger partial charge on any atom is -0.345 e. The number of carbonyl (C=O) groups is 1. The average molecular weight is 447 g/mol. The molecule has 1 aliphatic rings. The zero-order valence-corrected chi connectivity index (χ0v) is 18.4. The third-order valence-corrected chi connectivity index (χ3v) is 7.85. The van der Waals surface area contributed by atoms with E-state index < -0.39 is 15.4 Å². The van der Waals surface area contributed by atoms with Crippen molar-refractivity contribution in [3.05, 3.63) is 59.4 Å². The number of benzene rings is 1. The summed E-state index contributed by atoms with van der Waals surface area (Å²) < 4.78 is 27.7. The maximum absolute atomic E-state index is 13.2. The highest BCUT2D eigenvalue weighted by molar-refractivity contribution is 7.89. The van der Waals surface area contributed by atoms with Crippen molar-refractivity contribution >= 4 is 38.6 Å². The number of sulfonamides is 1. The lowest BCUT2D eigenvalue weighted by molar-refractivity contribution is -0.137. The third kappa shape index (κ3) is 3.59. The lowest BCUT2D eigenvalue weighted by Gasteiger charge is -2.38. The summed E-state index contributed by atoms with van der Waals surface area (Å²) in [7, 11) is -3.68. The summed E-state index contributed by atoms with van der Waals surface area (Å²) >= 11 is 5.96. The number of aromatic amines is 1. The summed E-state index contributed by atoms with van der Waals surface area (Å²) in [5.41, 5.74) is 0.682. The van der Waals surface area contributed by atoms with E-state index in [0.29, 0.717) is 29.1 Å². The molecule has 0 unspecified atom stereocenters. The Labute approximate surface area is 180 Å². The summed E-state index contributed by atoms with van der Waals surface area (Å²) in [6.07, 6.45) is 3.09. The zero-order chi connectivity index (χ0) is 21.5. The first-order valence-electron chi connectivity index (χ1n) is 9.69. The van der Waals surface area contributed by atoms with Crippen LogP contribution < -0.4 is 0 Å². The van der Waals surface area contributed by atoms with Gasteiger partial charge in [-0.3, -0.25) is 4.79 Å². The molecule has 0 aliphatic carbocycles. The van der Waals surface area contributed by atoms with E-state index in [2.05, 4.69) is 9.97 Å². The lowest BCUT2D eigenvalue weighted by Crippen LogP contribution is -2.54. The van der Waals surface area contributed by atoms with Gasteiger partial charge in [-0.2, -0.15) is 4.31 Å². The fourth-order valence-corrected chi connectivity index (χ4v) is 5.50. The van der Waals surface area contributed by atoms with E-state index in [1.807, 2.05) is 26.0 Å². The molecule has 0 bridgehead atoms. The predicted octanol–water partition coefficient (Wildman–Crippen LogP) is 3.03. The molecule has 0 saturated carbocycles. The van der Waals surface area contributed by atoms with Gasteiger partial charge in [0.1, 0.15) is 10.5 Å². The molecule has 4 rings (SSSR count). The van der Waals surface area contributed by atoms with Gasteiger partial charge in [0.05, 0.1) is 5.41 Å². The Kier molecular flexibility index (Phi) is 5.34. The Hall–Kier alpha value is -2.42. The van der Waals surface area contributed by atoms with Crippen LogP contribution in [0.1, 0.15) is 19.4 Å². The third-order valence-electron chi connectivity index (χ3n) is 5.66. The topological polar surface area (TPSA) is 86.4 Å². The molecule has 1 saturated heterocycles. The van der Waals surface area contributed by atoms with Crippen molar-refractivity contribution in [3.8, 4) is 0 Å². The molecular formula is C21H23ClN4O3S. The van der Waals surface area contributed by atoms with E-state index in [1.54, 1.807) is 35.4 Å². The van der Waals surface area contributed by atoms with Crippen molar-refractivity contribution in [2.24, 2.45) is 0 Å². The van der Waals surface area contributed by atoms with Gasteiger partial charge in [0.15, 0.2) is 0 Å². The van der Waals surface area contributed by atoms with Crippen molar-refractivity contribution in [3.63, 3.8) is 0 Å². The molecule has 0 atom stereocenters. The number of aromatic nitrogens is 2. The van der Waals surface area contributed by atoms with Gasteiger partial charge < -0.3 is 9.88 Å². The van der Waals surface area contributed by atoms with Crippen LogP contribution in [-0.4, -0.2) is 59.7 Å². The lowest BCUT2D eigenvalue weighted by atomic mass is 9.83. The predicted molar refractivity (Wildman–Crippen MR) is 116 cm³/mol. The fraction of sp³-hybridized carbons (Fsp3) is 0.333. The number of nitrogens with zero attached hydrogens (tertiary/aromatic N) is 3. The smallest absolute Gasteiger partial charge is 0.245 e. The Bertz CT molecular complexity index is 1180. The molecule has 3 aromatic rings. The molecular weight excluding hydrogens is 424 g/mol. The maximum Gasteiger partial charge on any atom is 0.245 e. The van der Waals surface area contributed by atoms with Gasteiger partial charge in [0.2, 0.25) is 15.9 Å². The highest BCUT2D eigenvalue weighted by atomic mass is 35.5. The second kappa shape index (κ2) is 7.68. The Balaban J connectivity index is 1.49. The van der Waals surface area contributed by atoms with E-state index in [-0.39, 0.29) is 23.9 Å². The maximum atomic E-state index is 13.2. The van der Waals surface area contributed by atoms with Crippen molar-refractivity contribution in [1.82, 2.24) is 19.2 Å². The van der Waals surface area contributed by atoms with Gasteiger partial charge in [-0.05, 0) is 43.7 Å². The summed E-state index contributed by atoms with van der Waals surface area (Å²) in [4.78, 5) is 22.2. The van der Waals surface area contributed by atoms with Gasteiger partial charge in [0, 0.05) is 49.0 Å². The van der Waals surface area contributed by atoms with E-state index in [0.717, 1.165) is 5.56 Å². The fourth-order valence-electron chi connectivity index (χ4n) is 3.80. The molecule has 1 amide bonds. The first kappa shape index (κ1) is 20.8. The minimum absolute atomic E-state index is 0.0295. The standard InChI is InChI=1S/C21H23ClN4O3S/c1-21(2,15-5-7-16(22)8-6-15)20(27)25-10-12-26(13-11-25)30(28,29)18-14-24-19-17(18)4-3-9-23-19/h3-9,14H,10-13H2,1-2H3,(H,23,24). The van der Waals surface area contributed by atoms with Crippen LogP contribution in [0.4, 0.5) is 0 Å². The van der Waals surface area contributed by atoms with Crippen molar-refractivity contribution in [1.29, 1.82) is 0 Å². The summed E-state index contributed by atoms with van der Waals surface area (Å²) in [5, 5.41) is 1.19.